The zero-order valence-electron chi connectivity index (χ0n) is 17.2. The largest absolute Gasteiger partial charge is 0.390 e. The molecule has 9 heteroatoms. The van der Waals surface area contributed by atoms with Crippen LogP contribution in [0.2, 0.25) is 0 Å². The molecular weight excluding hydrogens is 384 g/mol. The number of nitrogens with one attached hydrogen (secondary N) is 2. The number of benzene rings is 1. The van der Waals surface area contributed by atoms with Gasteiger partial charge >= 0.3 is 0 Å². The van der Waals surface area contributed by atoms with Crippen molar-refractivity contribution in [3.05, 3.63) is 48.0 Å². The van der Waals surface area contributed by atoms with Crippen molar-refractivity contribution in [2.75, 3.05) is 12.4 Å². The molecule has 1 amide bonds. The Bertz CT molecular complexity index is 1040. The third-order valence-corrected chi connectivity index (χ3v) is 5.17. The maximum absolute atomic E-state index is 12.0. The summed E-state index contributed by atoms with van der Waals surface area (Å²) in [7, 11) is 1.52. The fraction of sp³-hybridized carbons (Fsp3) is 0.429. The van der Waals surface area contributed by atoms with E-state index in [1.165, 1.54) is 7.05 Å². The second kappa shape index (κ2) is 8.37. The summed E-state index contributed by atoms with van der Waals surface area (Å²) in [5, 5.41) is 16.2. The lowest BCUT2D eigenvalue weighted by atomic mass is 10.1. The van der Waals surface area contributed by atoms with E-state index in [0.29, 0.717) is 29.4 Å². The van der Waals surface area contributed by atoms with E-state index < -0.39 is 18.4 Å². The van der Waals surface area contributed by atoms with Crippen LogP contribution in [-0.4, -0.2) is 49.8 Å². The molecule has 0 saturated carbocycles. The number of imidazole rings is 1. The molecule has 1 saturated heterocycles. The van der Waals surface area contributed by atoms with Gasteiger partial charge in [0.25, 0.3) is 5.91 Å². The molecule has 1 fully saturated rings. The number of aromatic nitrogens is 4. The lowest BCUT2D eigenvalue weighted by Gasteiger charge is -2.15. The quantitative estimate of drug-likeness (QED) is 0.569. The molecule has 0 aliphatic carbocycles. The Labute approximate surface area is 174 Å². The molecule has 9 nitrogen and oxygen atoms in total. The topological polar surface area (TPSA) is 114 Å². The summed E-state index contributed by atoms with van der Waals surface area (Å²) in [6.45, 7) is 4.66. The molecule has 0 spiro atoms. The fourth-order valence-electron chi connectivity index (χ4n) is 3.51. The summed E-state index contributed by atoms with van der Waals surface area (Å²) in [6.07, 6.45) is -0.448. The maximum atomic E-state index is 12.0. The van der Waals surface area contributed by atoms with Crippen LogP contribution in [0.5, 0.6) is 0 Å². The first-order valence-corrected chi connectivity index (χ1v) is 10.0. The van der Waals surface area contributed by atoms with Crippen LogP contribution in [0.25, 0.3) is 11.2 Å². The lowest BCUT2D eigenvalue weighted by molar-refractivity contribution is -0.137. The number of rotatable bonds is 6. The van der Waals surface area contributed by atoms with Crippen LogP contribution >= 0.6 is 0 Å². The van der Waals surface area contributed by atoms with Crippen molar-refractivity contribution < 1.29 is 14.6 Å². The first-order valence-electron chi connectivity index (χ1n) is 10.0. The molecule has 3 N–H and O–H groups in total. The number of amides is 1. The summed E-state index contributed by atoms with van der Waals surface area (Å²) in [4.78, 5) is 25.8. The van der Waals surface area contributed by atoms with E-state index in [-0.39, 0.29) is 18.2 Å². The number of nitrogens with zero attached hydrogens (tertiary/aromatic N) is 4. The van der Waals surface area contributed by atoms with E-state index in [2.05, 4.69) is 20.6 Å². The van der Waals surface area contributed by atoms with Gasteiger partial charge in [-0.15, -0.1) is 0 Å². The minimum atomic E-state index is -0.917. The Hall–Kier alpha value is -3.04. The number of hydrogen-bond acceptors (Lipinski definition) is 7. The van der Waals surface area contributed by atoms with Crippen molar-refractivity contribution in [3.63, 3.8) is 0 Å². The highest BCUT2D eigenvalue weighted by Gasteiger charge is 2.40. The SMILES string of the molecule is CNC(=O)[C@H]1O[C@@H](n2cnc3c(NCc4ccccc4)nc(C(C)C)nc32)C[C@@H]1O. The average Bonchev–Trinajstić information content (AvgIpc) is 3.35. The maximum Gasteiger partial charge on any atom is 0.251 e. The highest BCUT2D eigenvalue weighted by Crippen LogP contribution is 2.32. The number of carbonyl (C=O) groups excluding carboxylic acids is 1. The van der Waals surface area contributed by atoms with Gasteiger partial charge in [0.1, 0.15) is 12.1 Å². The smallest absolute Gasteiger partial charge is 0.251 e. The van der Waals surface area contributed by atoms with Crippen LogP contribution in [0.1, 0.15) is 43.8 Å². The van der Waals surface area contributed by atoms with Crippen LogP contribution in [-0.2, 0) is 16.1 Å². The number of hydrogen-bond donors (Lipinski definition) is 3. The Morgan fingerprint density at radius 2 is 2.07 bits per heavy atom. The second-order valence-electron chi connectivity index (χ2n) is 7.68. The standard InChI is InChI=1S/C21H26N6O3/c1-12(2)18-25-19(23-10-13-7-5-4-6-8-13)16-20(26-18)27(11-24-16)15-9-14(28)17(30-15)21(29)22-3/h4-8,11-12,14-15,17,28H,9-10H2,1-3H3,(H,22,29)(H,23,25,26)/t14-,15+,17-/m0/s1. The van der Waals surface area contributed by atoms with Crippen LogP contribution in [0, 0.1) is 0 Å². The molecule has 4 rings (SSSR count). The Balaban J connectivity index is 1.67. The molecule has 30 heavy (non-hydrogen) atoms. The number of fused-ring (bicyclic) bond motifs is 1. The Morgan fingerprint density at radius 3 is 2.77 bits per heavy atom. The molecule has 1 aromatic carbocycles. The van der Waals surface area contributed by atoms with Crippen molar-refractivity contribution in [2.45, 2.75) is 51.2 Å². The predicted molar refractivity (Wildman–Crippen MR) is 112 cm³/mol. The van der Waals surface area contributed by atoms with Crippen LogP contribution < -0.4 is 10.6 Å². The monoisotopic (exact) mass is 410 g/mol. The van der Waals surface area contributed by atoms with Crippen molar-refractivity contribution >= 4 is 22.9 Å². The minimum absolute atomic E-state index is 0.115. The Morgan fingerprint density at radius 1 is 1.30 bits per heavy atom. The lowest BCUT2D eigenvalue weighted by Crippen LogP contribution is -2.38. The molecule has 0 unspecified atom stereocenters. The third-order valence-electron chi connectivity index (χ3n) is 5.17. The molecule has 3 aromatic rings. The van der Waals surface area contributed by atoms with Gasteiger partial charge in [0.05, 0.1) is 12.4 Å². The molecule has 2 aromatic heterocycles. The zero-order chi connectivity index (χ0) is 21.3. The number of ether oxygens (including phenoxy) is 1. The van der Waals surface area contributed by atoms with Crippen molar-refractivity contribution in [2.24, 2.45) is 0 Å². The van der Waals surface area contributed by atoms with Crippen molar-refractivity contribution in [1.29, 1.82) is 0 Å². The second-order valence-corrected chi connectivity index (χ2v) is 7.68. The van der Waals surface area contributed by atoms with Gasteiger partial charge in [-0.05, 0) is 5.56 Å². The van der Waals surface area contributed by atoms with Crippen LogP contribution in [0.4, 0.5) is 5.82 Å². The average molecular weight is 410 g/mol. The molecule has 1 aliphatic heterocycles. The molecular formula is C21H26N6O3. The van der Waals surface area contributed by atoms with E-state index in [1.807, 2.05) is 44.2 Å². The van der Waals surface area contributed by atoms with Crippen molar-refractivity contribution in [3.8, 4) is 0 Å². The van der Waals surface area contributed by atoms with E-state index in [0.717, 1.165) is 5.56 Å². The third kappa shape index (κ3) is 3.86. The number of aliphatic hydroxyl groups is 1. The zero-order valence-corrected chi connectivity index (χ0v) is 17.2. The predicted octanol–water partition coefficient (Wildman–Crippen LogP) is 1.96. The van der Waals surface area contributed by atoms with Gasteiger partial charge in [-0.2, -0.15) is 0 Å². The molecule has 0 radical (unpaired) electrons. The first kappa shape index (κ1) is 20.2. The highest BCUT2D eigenvalue weighted by molar-refractivity contribution is 5.83. The van der Waals surface area contributed by atoms with Gasteiger partial charge in [-0.25, -0.2) is 15.0 Å². The summed E-state index contributed by atoms with van der Waals surface area (Å²) in [6, 6.07) is 10.0. The fourth-order valence-corrected chi connectivity index (χ4v) is 3.51. The number of aliphatic hydroxyl groups excluding tert-OH is 1. The van der Waals surface area contributed by atoms with E-state index in [9.17, 15) is 9.90 Å². The van der Waals surface area contributed by atoms with Gasteiger partial charge in [0, 0.05) is 25.9 Å². The number of carbonyl (C=O) groups is 1. The van der Waals surface area contributed by atoms with Gasteiger partial charge in [0.15, 0.2) is 23.1 Å². The Kier molecular flexibility index (Phi) is 5.65. The van der Waals surface area contributed by atoms with Crippen molar-refractivity contribution in [1.82, 2.24) is 24.8 Å². The minimum Gasteiger partial charge on any atom is -0.390 e. The van der Waals surface area contributed by atoms with Gasteiger partial charge in [-0.3, -0.25) is 9.36 Å². The van der Waals surface area contributed by atoms with Crippen LogP contribution in [0.3, 0.4) is 0 Å². The van der Waals surface area contributed by atoms with E-state index in [1.54, 1.807) is 10.9 Å². The number of anilines is 1. The highest BCUT2D eigenvalue weighted by atomic mass is 16.5. The van der Waals surface area contributed by atoms with Crippen LogP contribution in [0.15, 0.2) is 36.7 Å². The molecule has 1 aliphatic rings. The van der Waals surface area contributed by atoms with Gasteiger partial charge in [-0.1, -0.05) is 44.2 Å². The summed E-state index contributed by atoms with van der Waals surface area (Å²) >= 11 is 0. The molecule has 158 valence electrons. The molecule has 3 atom stereocenters. The summed E-state index contributed by atoms with van der Waals surface area (Å²) in [5.41, 5.74) is 2.36. The first-order chi connectivity index (χ1) is 14.5. The van der Waals surface area contributed by atoms with E-state index in [4.69, 9.17) is 9.72 Å². The molecule has 3 heterocycles. The summed E-state index contributed by atoms with van der Waals surface area (Å²) in [5.74, 6) is 1.09. The number of likely N-dealkylation sites (N-methyl/N-ethyl adjacent to an activating group) is 1. The van der Waals surface area contributed by atoms with Gasteiger partial charge in [0.2, 0.25) is 0 Å². The molecule has 0 bridgehead atoms. The summed E-state index contributed by atoms with van der Waals surface area (Å²) < 4.78 is 7.60. The normalized spacial score (nSPS) is 21.3. The van der Waals surface area contributed by atoms with Gasteiger partial charge < -0.3 is 20.5 Å². The van der Waals surface area contributed by atoms with E-state index >= 15 is 0 Å².